The summed E-state index contributed by atoms with van der Waals surface area (Å²) in [4.78, 5) is 16.6. The highest BCUT2D eigenvalue weighted by Crippen LogP contribution is 2.30. The second-order valence-electron chi connectivity index (χ2n) is 7.63. The van der Waals surface area contributed by atoms with Crippen LogP contribution < -0.4 is 10.4 Å². The summed E-state index contributed by atoms with van der Waals surface area (Å²) in [7, 11) is 0. The summed E-state index contributed by atoms with van der Waals surface area (Å²) in [5.41, 5.74) is 4.01. The fourth-order valence-corrected chi connectivity index (χ4v) is 3.84. The van der Waals surface area contributed by atoms with E-state index in [4.69, 9.17) is 14.2 Å². The molecule has 2 aliphatic heterocycles. The molecule has 0 spiro atoms. The van der Waals surface area contributed by atoms with Crippen molar-refractivity contribution in [3.05, 3.63) is 45.9 Å². The number of benzene rings is 1. The number of ether oxygens (including phenoxy) is 3. The number of aromatic nitrogens is 2. The Bertz CT molecular complexity index is 905. The molecular formula is C22H28N2O5. The lowest BCUT2D eigenvalue weighted by Crippen LogP contribution is -2.34. The molecule has 1 aromatic heterocycles. The van der Waals surface area contributed by atoms with E-state index in [9.17, 15) is 9.90 Å². The van der Waals surface area contributed by atoms with Crippen LogP contribution in [0.1, 0.15) is 30.9 Å². The minimum Gasteiger partial charge on any atom is -0.475 e. The molecule has 0 aliphatic carbocycles. The Labute approximate surface area is 170 Å². The van der Waals surface area contributed by atoms with Gasteiger partial charge in [-0.15, -0.1) is 0 Å². The predicted molar refractivity (Wildman–Crippen MR) is 108 cm³/mol. The number of rotatable bonds is 7. The van der Waals surface area contributed by atoms with Gasteiger partial charge in [-0.2, -0.15) is 4.98 Å². The highest BCUT2D eigenvalue weighted by molar-refractivity contribution is 5.67. The van der Waals surface area contributed by atoms with Crippen LogP contribution in [-0.2, 0) is 28.9 Å². The Kier molecular flexibility index (Phi) is 6.28. The van der Waals surface area contributed by atoms with Crippen molar-refractivity contribution in [2.75, 3.05) is 26.4 Å². The fraction of sp³-hybridized carbons (Fsp3) is 0.545. The quantitative estimate of drug-likeness (QED) is 0.765. The van der Waals surface area contributed by atoms with Gasteiger partial charge in [0, 0.05) is 18.2 Å². The zero-order chi connectivity index (χ0) is 20.2. The van der Waals surface area contributed by atoms with E-state index in [1.54, 1.807) is 4.57 Å². The Morgan fingerprint density at radius 2 is 2.24 bits per heavy atom. The summed E-state index contributed by atoms with van der Waals surface area (Å²) in [5, 5.41) is 9.82. The van der Waals surface area contributed by atoms with Crippen molar-refractivity contribution in [3.8, 4) is 17.1 Å². The average molecular weight is 400 g/mol. The number of aliphatic hydroxyl groups excluding tert-OH is 1. The first kappa shape index (κ1) is 20.1. The van der Waals surface area contributed by atoms with Gasteiger partial charge in [0.1, 0.15) is 12.7 Å². The highest BCUT2D eigenvalue weighted by Gasteiger charge is 2.21. The zero-order valence-corrected chi connectivity index (χ0v) is 16.8. The van der Waals surface area contributed by atoms with E-state index in [2.05, 4.69) is 23.2 Å². The zero-order valence-electron chi connectivity index (χ0n) is 16.8. The van der Waals surface area contributed by atoms with Crippen LogP contribution >= 0.6 is 0 Å². The predicted octanol–water partition coefficient (Wildman–Crippen LogP) is 1.96. The highest BCUT2D eigenvalue weighted by atomic mass is 16.6. The van der Waals surface area contributed by atoms with Crippen LogP contribution in [0.15, 0.2) is 29.1 Å². The van der Waals surface area contributed by atoms with E-state index in [0.29, 0.717) is 38.9 Å². The first-order valence-corrected chi connectivity index (χ1v) is 10.4. The van der Waals surface area contributed by atoms with Gasteiger partial charge in [0.25, 0.3) is 0 Å². The lowest BCUT2D eigenvalue weighted by atomic mass is 9.94. The molecule has 2 aliphatic rings. The first-order chi connectivity index (χ1) is 14.1. The Hall–Kier alpha value is -2.22. The lowest BCUT2D eigenvalue weighted by molar-refractivity contribution is -0.102. The van der Waals surface area contributed by atoms with E-state index in [0.717, 1.165) is 36.9 Å². The fourth-order valence-electron chi connectivity index (χ4n) is 3.84. The van der Waals surface area contributed by atoms with Crippen molar-refractivity contribution in [2.24, 2.45) is 0 Å². The Balaban J connectivity index is 1.53. The van der Waals surface area contributed by atoms with Crippen LogP contribution in [0.2, 0.25) is 0 Å². The summed E-state index contributed by atoms with van der Waals surface area (Å²) >= 11 is 0. The monoisotopic (exact) mass is 400 g/mol. The van der Waals surface area contributed by atoms with Crippen molar-refractivity contribution in [1.82, 2.24) is 9.55 Å². The van der Waals surface area contributed by atoms with Crippen LogP contribution in [0, 0.1) is 0 Å². The van der Waals surface area contributed by atoms with Gasteiger partial charge in [-0.05, 0) is 36.8 Å². The molecule has 7 nitrogen and oxygen atoms in total. The number of hydrogen-bond acceptors (Lipinski definition) is 6. The van der Waals surface area contributed by atoms with Crippen LogP contribution in [0.3, 0.4) is 0 Å². The molecule has 1 aromatic carbocycles. The maximum absolute atomic E-state index is 12.5. The lowest BCUT2D eigenvalue weighted by Gasteiger charge is -2.24. The Morgan fingerprint density at radius 3 is 3.03 bits per heavy atom. The standard InChI is InChI=1S/C22H28N2O5/c1-2-17(25)5-3-15-4-6-19-16(11-15)7-8-24-20(19)12-21(23-22(24)26)29-14-18-13-27-9-10-28-18/h4,6,11-12,17-18,25H,2-3,5,7-10,13-14H2,1H3/t17?,18-/m0/s1. The second-order valence-corrected chi connectivity index (χ2v) is 7.63. The van der Waals surface area contributed by atoms with Crippen LogP contribution in [0.25, 0.3) is 11.3 Å². The van der Waals surface area contributed by atoms with Gasteiger partial charge in [-0.1, -0.05) is 25.1 Å². The summed E-state index contributed by atoms with van der Waals surface area (Å²) in [6.45, 7) is 4.55. The maximum atomic E-state index is 12.5. The molecule has 7 heteroatoms. The molecule has 2 atom stereocenters. The molecule has 2 aromatic rings. The molecule has 0 saturated carbocycles. The number of nitrogens with zero attached hydrogens (tertiary/aromatic N) is 2. The topological polar surface area (TPSA) is 82.8 Å². The van der Waals surface area contributed by atoms with Crippen LogP contribution in [0.5, 0.6) is 5.88 Å². The van der Waals surface area contributed by atoms with Crippen molar-refractivity contribution in [1.29, 1.82) is 0 Å². The van der Waals surface area contributed by atoms with Crippen LogP contribution in [0.4, 0.5) is 0 Å². The van der Waals surface area contributed by atoms with Gasteiger partial charge in [0.15, 0.2) is 0 Å². The Morgan fingerprint density at radius 1 is 1.34 bits per heavy atom. The number of fused-ring (bicyclic) bond motifs is 3. The maximum Gasteiger partial charge on any atom is 0.351 e. The van der Waals surface area contributed by atoms with Crippen molar-refractivity contribution >= 4 is 0 Å². The van der Waals surface area contributed by atoms with Crippen molar-refractivity contribution in [3.63, 3.8) is 0 Å². The van der Waals surface area contributed by atoms with E-state index < -0.39 is 0 Å². The van der Waals surface area contributed by atoms with Gasteiger partial charge >= 0.3 is 5.69 Å². The largest absolute Gasteiger partial charge is 0.475 e. The molecule has 1 N–H and O–H groups in total. The molecule has 1 fully saturated rings. The molecular weight excluding hydrogens is 372 g/mol. The summed E-state index contributed by atoms with van der Waals surface area (Å²) in [6.07, 6.45) is 2.78. The van der Waals surface area contributed by atoms with Crippen molar-refractivity contribution < 1.29 is 19.3 Å². The molecule has 1 saturated heterocycles. The van der Waals surface area contributed by atoms with E-state index in [1.165, 1.54) is 11.1 Å². The van der Waals surface area contributed by atoms with Gasteiger partial charge < -0.3 is 19.3 Å². The molecule has 29 heavy (non-hydrogen) atoms. The third-order valence-corrected chi connectivity index (χ3v) is 5.58. The minimum absolute atomic E-state index is 0.141. The number of aliphatic hydroxyl groups is 1. The normalized spacial score (nSPS) is 19.3. The molecule has 1 unspecified atom stereocenters. The third-order valence-electron chi connectivity index (χ3n) is 5.58. The SMILES string of the molecule is CCC(O)CCc1ccc2c(c1)CCn1c-2cc(OC[C@@H]2COCCO2)nc1=O. The van der Waals surface area contributed by atoms with E-state index in [1.807, 2.05) is 13.0 Å². The minimum atomic E-state index is -0.292. The van der Waals surface area contributed by atoms with Gasteiger partial charge in [0.2, 0.25) is 5.88 Å². The molecule has 0 bridgehead atoms. The molecule has 0 amide bonds. The van der Waals surface area contributed by atoms with Gasteiger partial charge in [-0.25, -0.2) is 4.79 Å². The van der Waals surface area contributed by atoms with Crippen molar-refractivity contribution in [2.45, 2.75) is 51.4 Å². The van der Waals surface area contributed by atoms with E-state index in [-0.39, 0.29) is 17.9 Å². The first-order valence-electron chi connectivity index (χ1n) is 10.4. The summed E-state index contributed by atoms with van der Waals surface area (Å²) in [5.74, 6) is 0.318. The average Bonchev–Trinajstić information content (AvgIpc) is 2.76. The molecule has 3 heterocycles. The van der Waals surface area contributed by atoms with E-state index >= 15 is 0 Å². The smallest absolute Gasteiger partial charge is 0.351 e. The molecule has 0 radical (unpaired) electrons. The molecule has 156 valence electrons. The number of aryl methyl sites for hydroxylation is 2. The van der Waals surface area contributed by atoms with Gasteiger partial charge in [-0.3, -0.25) is 4.57 Å². The summed E-state index contributed by atoms with van der Waals surface area (Å²) in [6, 6.07) is 8.17. The summed E-state index contributed by atoms with van der Waals surface area (Å²) < 4.78 is 18.4. The third kappa shape index (κ3) is 4.69. The van der Waals surface area contributed by atoms with Crippen LogP contribution in [-0.4, -0.2) is 53.3 Å². The second kappa shape index (κ2) is 9.07. The van der Waals surface area contributed by atoms with Gasteiger partial charge in [0.05, 0.1) is 31.6 Å². The molecule has 4 rings (SSSR count). The number of hydrogen-bond donors (Lipinski definition) is 1.